The quantitative estimate of drug-likeness (QED) is 0.316. The van der Waals surface area contributed by atoms with E-state index in [0.29, 0.717) is 22.4 Å². The van der Waals surface area contributed by atoms with E-state index in [1.165, 1.54) is 24.3 Å². The van der Waals surface area contributed by atoms with Gasteiger partial charge in [0.15, 0.2) is 12.4 Å². The second-order valence-electron chi connectivity index (χ2n) is 5.79. The van der Waals surface area contributed by atoms with Crippen molar-refractivity contribution in [3.8, 4) is 5.75 Å². The summed E-state index contributed by atoms with van der Waals surface area (Å²) in [7, 11) is 0. The molecule has 5 nitrogen and oxygen atoms in total. The van der Waals surface area contributed by atoms with Crippen molar-refractivity contribution in [2.75, 3.05) is 6.61 Å². The number of hydrogen-bond acceptors (Lipinski definition) is 5. The molecule has 0 amide bonds. The monoisotopic (exact) mass is 438 g/mol. The number of carbonyl (C=O) groups is 3. The first-order chi connectivity index (χ1) is 13.5. The van der Waals surface area contributed by atoms with Gasteiger partial charge in [-0.3, -0.25) is 4.79 Å². The molecule has 28 heavy (non-hydrogen) atoms. The number of halogens is 1. The lowest BCUT2D eigenvalue weighted by atomic mass is 10.1. The number of Topliss-reactive ketones (excluding diaryl/α,β-unsaturated/α-hetero) is 1. The van der Waals surface area contributed by atoms with E-state index < -0.39 is 11.9 Å². The molecule has 140 valence electrons. The molecule has 0 atom stereocenters. The van der Waals surface area contributed by atoms with E-state index in [4.69, 9.17) is 9.47 Å². The zero-order valence-electron chi connectivity index (χ0n) is 14.6. The van der Waals surface area contributed by atoms with Gasteiger partial charge in [0.2, 0.25) is 0 Å². The lowest BCUT2D eigenvalue weighted by Gasteiger charge is -2.07. The predicted octanol–water partition coefficient (Wildman–Crippen LogP) is 4.71. The molecule has 6 heteroatoms. The van der Waals surface area contributed by atoms with Crippen LogP contribution in [0.1, 0.15) is 31.1 Å². The summed E-state index contributed by atoms with van der Waals surface area (Å²) < 4.78 is 11.1. The molecule has 0 aromatic heterocycles. The second-order valence-corrected chi connectivity index (χ2v) is 6.70. The molecule has 0 aliphatic heterocycles. The van der Waals surface area contributed by atoms with E-state index in [2.05, 4.69) is 15.9 Å². The molecule has 0 saturated heterocycles. The van der Waals surface area contributed by atoms with Crippen LogP contribution in [0.25, 0.3) is 0 Å². The molecule has 0 spiro atoms. The summed E-state index contributed by atoms with van der Waals surface area (Å²) >= 11 is 3.28. The molecule has 3 rings (SSSR count). The number of benzene rings is 3. The molecular formula is C22H15BrO5. The van der Waals surface area contributed by atoms with Gasteiger partial charge in [-0.1, -0.05) is 34.1 Å². The Morgan fingerprint density at radius 2 is 1.25 bits per heavy atom. The van der Waals surface area contributed by atoms with Gasteiger partial charge in [-0.2, -0.15) is 0 Å². The Bertz CT molecular complexity index is 980. The largest absolute Gasteiger partial charge is 0.454 e. The highest BCUT2D eigenvalue weighted by Gasteiger charge is 2.13. The summed E-state index contributed by atoms with van der Waals surface area (Å²) in [5.74, 6) is -1.10. The van der Waals surface area contributed by atoms with Crippen molar-refractivity contribution in [1.82, 2.24) is 0 Å². The maximum absolute atomic E-state index is 12.2. The second kappa shape index (κ2) is 9.10. The summed E-state index contributed by atoms with van der Waals surface area (Å²) in [5, 5.41) is 0. The Kier molecular flexibility index (Phi) is 6.34. The van der Waals surface area contributed by atoms with Crippen LogP contribution >= 0.6 is 15.9 Å². The Labute approximate surface area is 170 Å². The fourth-order valence-electron chi connectivity index (χ4n) is 2.33. The summed E-state index contributed by atoms with van der Waals surface area (Å²) in [6.07, 6.45) is 0. The van der Waals surface area contributed by atoms with Gasteiger partial charge in [0, 0.05) is 10.0 Å². The van der Waals surface area contributed by atoms with Crippen LogP contribution < -0.4 is 4.74 Å². The van der Waals surface area contributed by atoms with Crippen molar-refractivity contribution < 1.29 is 23.9 Å². The van der Waals surface area contributed by atoms with Gasteiger partial charge in [-0.15, -0.1) is 0 Å². The number of rotatable bonds is 6. The molecule has 0 radical (unpaired) electrons. The van der Waals surface area contributed by atoms with Gasteiger partial charge in [-0.25, -0.2) is 9.59 Å². The fraction of sp³-hybridized carbons (Fsp3) is 0.0455. The van der Waals surface area contributed by atoms with Gasteiger partial charge >= 0.3 is 11.9 Å². The Morgan fingerprint density at radius 1 is 0.679 bits per heavy atom. The minimum atomic E-state index is -0.575. The fourth-order valence-corrected chi connectivity index (χ4v) is 2.60. The molecule has 3 aromatic carbocycles. The molecule has 0 saturated carbocycles. The SMILES string of the molecule is O=C(COC(=O)c1ccc(Br)cc1)c1ccc(OC(=O)c2ccccc2)cc1. The number of ketones is 1. The van der Waals surface area contributed by atoms with Crippen molar-refractivity contribution in [2.45, 2.75) is 0 Å². The zero-order chi connectivity index (χ0) is 19.9. The standard InChI is InChI=1S/C22H15BrO5/c23-18-10-6-17(7-11-18)21(25)27-14-20(24)15-8-12-19(13-9-15)28-22(26)16-4-2-1-3-5-16/h1-13H,14H2. The average Bonchev–Trinajstić information content (AvgIpc) is 2.73. The molecule has 3 aromatic rings. The van der Waals surface area contributed by atoms with E-state index in [1.807, 2.05) is 0 Å². The third-order valence-corrected chi connectivity index (χ3v) is 4.34. The first-order valence-corrected chi connectivity index (χ1v) is 9.15. The Hall–Kier alpha value is -3.25. The van der Waals surface area contributed by atoms with Crippen LogP contribution in [0.5, 0.6) is 5.75 Å². The number of esters is 2. The molecule has 0 N–H and O–H groups in total. The van der Waals surface area contributed by atoms with E-state index in [9.17, 15) is 14.4 Å². The van der Waals surface area contributed by atoms with E-state index >= 15 is 0 Å². The molecular weight excluding hydrogens is 424 g/mol. The molecule has 0 fully saturated rings. The van der Waals surface area contributed by atoms with Gasteiger partial charge in [0.25, 0.3) is 0 Å². The Morgan fingerprint density at radius 3 is 1.89 bits per heavy atom. The zero-order valence-corrected chi connectivity index (χ0v) is 16.2. The first-order valence-electron chi connectivity index (χ1n) is 8.36. The predicted molar refractivity (Wildman–Crippen MR) is 107 cm³/mol. The van der Waals surface area contributed by atoms with Gasteiger partial charge < -0.3 is 9.47 Å². The average molecular weight is 439 g/mol. The van der Waals surface area contributed by atoms with Crippen molar-refractivity contribution in [3.05, 3.63) is 100 Å². The van der Waals surface area contributed by atoms with E-state index in [0.717, 1.165) is 4.47 Å². The smallest absolute Gasteiger partial charge is 0.343 e. The van der Waals surface area contributed by atoms with Crippen LogP contribution in [0.2, 0.25) is 0 Å². The normalized spacial score (nSPS) is 10.2. The Balaban J connectivity index is 1.55. The highest BCUT2D eigenvalue weighted by molar-refractivity contribution is 9.10. The molecule has 0 heterocycles. The maximum Gasteiger partial charge on any atom is 0.343 e. The van der Waals surface area contributed by atoms with Crippen LogP contribution in [0.15, 0.2) is 83.3 Å². The highest BCUT2D eigenvalue weighted by Crippen LogP contribution is 2.15. The minimum absolute atomic E-state index is 0.317. The van der Waals surface area contributed by atoms with Crippen LogP contribution in [0, 0.1) is 0 Å². The van der Waals surface area contributed by atoms with Crippen molar-refractivity contribution >= 4 is 33.7 Å². The summed E-state index contributed by atoms with van der Waals surface area (Å²) in [6, 6.07) is 21.3. The van der Waals surface area contributed by atoms with E-state index in [1.54, 1.807) is 54.6 Å². The molecule has 0 aliphatic rings. The van der Waals surface area contributed by atoms with Gasteiger partial charge in [-0.05, 0) is 60.7 Å². The third-order valence-electron chi connectivity index (χ3n) is 3.81. The summed E-state index contributed by atoms with van der Waals surface area (Å²) in [4.78, 5) is 36.2. The van der Waals surface area contributed by atoms with E-state index in [-0.39, 0.29) is 12.4 Å². The van der Waals surface area contributed by atoms with Crippen LogP contribution in [-0.4, -0.2) is 24.3 Å². The molecule has 0 bridgehead atoms. The lowest BCUT2D eigenvalue weighted by molar-refractivity contribution is 0.0474. The third kappa shape index (κ3) is 5.14. The number of ether oxygens (including phenoxy) is 2. The van der Waals surface area contributed by atoms with Gasteiger partial charge in [0.1, 0.15) is 5.75 Å². The summed E-state index contributed by atoms with van der Waals surface area (Å²) in [5.41, 5.74) is 1.14. The number of carbonyl (C=O) groups excluding carboxylic acids is 3. The van der Waals surface area contributed by atoms with Crippen molar-refractivity contribution in [3.63, 3.8) is 0 Å². The molecule has 0 unspecified atom stereocenters. The lowest BCUT2D eigenvalue weighted by Crippen LogP contribution is -2.14. The van der Waals surface area contributed by atoms with Crippen molar-refractivity contribution in [1.29, 1.82) is 0 Å². The summed E-state index contributed by atoms with van der Waals surface area (Å²) in [6.45, 7) is -0.377. The van der Waals surface area contributed by atoms with Crippen LogP contribution in [0.4, 0.5) is 0 Å². The van der Waals surface area contributed by atoms with Crippen LogP contribution in [-0.2, 0) is 4.74 Å². The van der Waals surface area contributed by atoms with Crippen molar-refractivity contribution in [2.24, 2.45) is 0 Å². The molecule has 0 aliphatic carbocycles. The van der Waals surface area contributed by atoms with Gasteiger partial charge in [0.05, 0.1) is 11.1 Å². The van der Waals surface area contributed by atoms with Crippen LogP contribution in [0.3, 0.4) is 0 Å². The highest BCUT2D eigenvalue weighted by atomic mass is 79.9. The maximum atomic E-state index is 12.2. The topological polar surface area (TPSA) is 69.7 Å². The number of hydrogen-bond donors (Lipinski definition) is 0. The minimum Gasteiger partial charge on any atom is -0.454 e. The first kappa shape index (κ1) is 19.5.